The van der Waals surface area contributed by atoms with Crippen LogP contribution >= 0.6 is 15.9 Å². The van der Waals surface area contributed by atoms with Gasteiger partial charge in [-0.3, -0.25) is 4.79 Å². The molecule has 8 heteroatoms. The van der Waals surface area contributed by atoms with Gasteiger partial charge in [0.2, 0.25) is 10.0 Å². The van der Waals surface area contributed by atoms with Gasteiger partial charge in [-0.2, -0.15) is 0 Å². The number of esters is 1. The zero-order chi connectivity index (χ0) is 16.0. The second-order valence-corrected chi connectivity index (χ2v) is 7.36. The van der Waals surface area contributed by atoms with Gasteiger partial charge in [0.15, 0.2) is 0 Å². The quantitative estimate of drug-likeness (QED) is 0.578. The maximum atomic E-state index is 12.3. The van der Waals surface area contributed by atoms with Crippen molar-refractivity contribution in [2.24, 2.45) is 0 Å². The van der Waals surface area contributed by atoms with E-state index in [1.807, 2.05) is 6.92 Å². The van der Waals surface area contributed by atoms with Gasteiger partial charge in [0.25, 0.3) is 0 Å². The number of halogens is 1. The van der Waals surface area contributed by atoms with E-state index in [2.05, 4.69) is 25.4 Å². The van der Waals surface area contributed by atoms with Crippen LogP contribution < -0.4 is 9.46 Å². The summed E-state index contributed by atoms with van der Waals surface area (Å²) in [5, 5.41) is 0. The lowest BCUT2D eigenvalue weighted by Crippen LogP contribution is -2.27. The van der Waals surface area contributed by atoms with Crippen LogP contribution in [0.1, 0.15) is 23.7 Å². The van der Waals surface area contributed by atoms with E-state index in [-0.39, 0.29) is 28.4 Å². The van der Waals surface area contributed by atoms with Crippen LogP contribution in [0, 0.1) is 0 Å². The molecule has 1 unspecified atom stereocenters. The third kappa shape index (κ3) is 4.98. The highest BCUT2D eigenvalue weighted by Gasteiger charge is 2.21. The van der Waals surface area contributed by atoms with E-state index in [4.69, 9.17) is 4.74 Å². The molecule has 118 valence electrons. The van der Waals surface area contributed by atoms with E-state index in [1.165, 1.54) is 14.2 Å². The maximum absolute atomic E-state index is 12.3. The molecule has 1 atom stereocenters. The average Bonchev–Trinajstić information content (AvgIpc) is 2.45. The van der Waals surface area contributed by atoms with Crippen molar-refractivity contribution in [2.75, 3.05) is 20.8 Å². The van der Waals surface area contributed by atoms with E-state index in [9.17, 15) is 13.2 Å². The molecule has 0 aliphatic heterocycles. The van der Waals surface area contributed by atoms with Crippen LogP contribution in [-0.4, -0.2) is 35.2 Å². The lowest BCUT2D eigenvalue weighted by Gasteiger charge is -2.13. The highest BCUT2D eigenvalue weighted by molar-refractivity contribution is 9.09. The standard InChI is InChI=1S/C13H18BrNO5S/c1-9(14)10-4-5-11(19-2)12(8-10)21(17,18)15-7-6-13(16)20-3/h4-5,8-9,15H,6-7H2,1-3H3. The molecule has 0 spiro atoms. The van der Waals surface area contributed by atoms with Crippen LogP contribution in [0.5, 0.6) is 5.75 Å². The van der Waals surface area contributed by atoms with E-state index in [0.29, 0.717) is 0 Å². The fourth-order valence-corrected chi connectivity index (χ4v) is 3.14. The van der Waals surface area contributed by atoms with Crippen LogP contribution in [0.15, 0.2) is 23.1 Å². The number of hydrogen-bond donors (Lipinski definition) is 1. The van der Waals surface area contributed by atoms with Crippen molar-refractivity contribution in [3.63, 3.8) is 0 Å². The molecule has 0 saturated carbocycles. The summed E-state index contributed by atoms with van der Waals surface area (Å²) in [4.78, 5) is 11.1. The van der Waals surface area contributed by atoms with Crippen molar-refractivity contribution in [1.29, 1.82) is 0 Å². The summed E-state index contributed by atoms with van der Waals surface area (Å²) in [6, 6.07) is 4.92. The fraction of sp³-hybridized carbons (Fsp3) is 0.462. The molecule has 0 saturated heterocycles. The maximum Gasteiger partial charge on any atom is 0.306 e. The molecule has 0 radical (unpaired) electrons. The van der Waals surface area contributed by atoms with Gasteiger partial charge in [0.1, 0.15) is 10.6 Å². The van der Waals surface area contributed by atoms with Gasteiger partial charge in [0, 0.05) is 11.4 Å². The molecule has 1 N–H and O–H groups in total. The number of alkyl halides is 1. The predicted octanol–water partition coefficient (Wildman–Crippen LogP) is 1.99. The molecule has 0 aromatic heterocycles. The Morgan fingerprint density at radius 3 is 2.57 bits per heavy atom. The van der Waals surface area contributed by atoms with Crippen LogP contribution in [0.2, 0.25) is 0 Å². The molecular weight excluding hydrogens is 362 g/mol. The summed E-state index contributed by atoms with van der Waals surface area (Å²) in [7, 11) is -1.11. The molecule has 0 aliphatic carbocycles. The summed E-state index contributed by atoms with van der Waals surface area (Å²) in [6.07, 6.45) is -0.0351. The Kier molecular flexibility index (Phi) is 6.63. The van der Waals surface area contributed by atoms with Crippen molar-refractivity contribution in [1.82, 2.24) is 4.72 Å². The lowest BCUT2D eigenvalue weighted by molar-refractivity contribution is -0.140. The predicted molar refractivity (Wildman–Crippen MR) is 82.2 cm³/mol. The van der Waals surface area contributed by atoms with Crippen LogP contribution in [0.4, 0.5) is 0 Å². The second-order valence-electron chi connectivity index (χ2n) is 4.25. The molecule has 0 aliphatic rings. The van der Waals surface area contributed by atoms with Gasteiger partial charge in [0.05, 0.1) is 20.6 Å². The first-order chi connectivity index (χ1) is 9.81. The Morgan fingerprint density at radius 2 is 2.05 bits per heavy atom. The van der Waals surface area contributed by atoms with Gasteiger partial charge in [-0.1, -0.05) is 22.0 Å². The monoisotopic (exact) mass is 379 g/mol. The molecule has 1 aromatic rings. The van der Waals surface area contributed by atoms with E-state index >= 15 is 0 Å². The Labute approximate surface area is 133 Å². The first kappa shape index (κ1) is 17.9. The SMILES string of the molecule is COC(=O)CCNS(=O)(=O)c1cc(C(C)Br)ccc1OC. The topological polar surface area (TPSA) is 81.7 Å². The fourth-order valence-electron chi connectivity index (χ4n) is 1.62. The summed E-state index contributed by atoms with van der Waals surface area (Å²) < 4.78 is 36.5. The van der Waals surface area contributed by atoms with Gasteiger partial charge in [-0.15, -0.1) is 0 Å². The van der Waals surface area contributed by atoms with Crippen LogP contribution in [-0.2, 0) is 19.6 Å². The molecule has 0 heterocycles. The minimum absolute atomic E-state index is 0.00688. The van der Waals surface area contributed by atoms with Crippen molar-refractivity contribution in [2.45, 2.75) is 23.1 Å². The first-order valence-electron chi connectivity index (χ1n) is 6.20. The zero-order valence-electron chi connectivity index (χ0n) is 12.1. The summed E-state index contributed by atoms with van der Waals surface area (Å²) in [5.74, 6) is -0.232. The van der Waals surface area contributed by atoms with E-state index in [0.717, 1.165) is 5.56 Å². The minimum atomic E-state index is -3.77. The van der Waals surface area contributed by atoms with Crippen LogP contribution in [0.25, 0.3) is 0 Å². The number of sulfonamides is 1. The number of methoxy groups -OCH3 is 2. The summed E-state index contributed by atoms with van der Waals surface area (Å²) >= 11 is 3.39. The average molecular weight is 380 g/mol. The number of hydrogen-bond acceptors (Lipinski definition) is 5. The minimum Gasteiger partial charge on any atom is -0.495 e. The molecule has 1 rings (SSSR count). The van der Waals surface area contributed by atoms with Crippen molar-refractivity contribution < 1.29 is 22.7 Å². The van der Waals surface area contributed by atoms with Gasteiger partial charge >= 0.3 is 5.97 Å². The molecule has 0 bridgehead atoms. The third-order valence-corrected chi connectivity index (χ3v) is 4.80. The largest absolute Gasteiger partial charge is 0.495 e. The Balaban J connectivity index is 3.00. The van der Waals surface area contributed by atoms with Crippen LogP contribution in [0.3, 0.4) is 0 Å². The number of carbonyl (C=O) groups is 1. The van der Waals surface area contributed by atoms with E-state index in [1.54, 1.807) is 18.2 Å². The molecule has 0 amide bonds. The Morgan fingerprint density at radius 1 is 1.38 bits per heavy atom. The molecule has 21 heavy (non-hydrogen) atoms. The van der Waals surface area contributed by atoms with Crippen molar-refractivity contribution in [3.8, 4) is 5.75 Å². The van der Waals surface area contributed by atoms with Gasteiger partial charge in [-0.05, 0) is 24.6 Å². The normalized spacial score (nSPS) is 12.8. The smallest absolute Gasteiger partial charge is 0.306 e. The number of carbonyl (C=O) groups excluding carboxylic acids is 1. The van der Waals surface area contributed by atoms with Crippen molar-refractivity contribution in [3.05, 3.63) is 23.8 Å². The van der Waals surface area contributed by atoms with Gasteiger partial charge in [-0.25, -0.2) is 13.1 Å². The summed E-state index contributed by atoms with van der Waals surface area (Å²) in [6.45, 7) is 1.86. The third-order valence-electron chi connectivity index (χ3n) is 2.79. The number of nitrogens with one attached hydrogen (secondary N) is 1. The highest BCUT2D eigenvalue weighted by Crippen LogP contribution is 2.30. The Hall–Kier alpha value is -1.12. The molecule has 6 nitrogen and oxygen atoms in total. The molecular formula is C13H18BrNO5S. The lowest BCUT2D eigenvalue weighted by atomic mass is 10.2. The number of rotatable bonds is 7. The van der Waals surface area contributed by atoms with Gasteiger partial charge < -0.3 is 9.47 Å². The molecule has 1 aromatic carbocycles. The first-order valence-corrected chi connectivity index (χ1v) is 8.60. The Bertz CT molecular complexity index is 601. The number of benzene rings is 1. The zero-order valence-corrected chi connectivity index (χ0v) is 14.5. The second kappa shape index (κ2) is 7.77. The van der Waals surface area contributed by atoms with E-state index < -0.39 is 16.0 Å². The highest BCUT2D eigenvalue weighted by atomic mass is 79.9. The van der Waals surface area contributed by atoms with Crippen molar-refractivity contribution >= 4 is 31.9 Å². The summed E-state index contributed by atoms with van der Waals surface area (Å²) in [5.41, 5.74) is 0.809. The molecule has 0 fully saturated rings. The number of ether oxygens (including phenoxy) is 2.